The summed E-state index contributed by atoms with van der Waals surface area (Å²) in [7, 11) is -6.40. The lowest BCUT2D eigenvalue weighted by Crippen LogP contribution is -2.57. The molecule has 4 rings (SSSR count). The van der Waals surface area contributed by atoms with Crippen LogP contribution in [0.2, 0.25) is 0 Å². The summed E-state index contributed by atoms with van der Waals surface area (Å²) in [6.07, 6.45) is 1.14. The summed E-state index contributed by atoms with van der Waals surface area (Å²) in [5.41, 5.74) is 8.05. The minimum Gasteiger partial charge on any atom is -0.418 e. The van der Waals surface area contributed by atoms with Gasteiger partial charge < -0.3 is 23.0 Å². The number of hydrogen-bond donors (Lipinski definition) is 1. The topological polar surface area (TPSA) is 27.6 Å². The van der Waals surface area contributed by atoms with Crippen LogP contribution in [-0.2, 0) is 6.42 Å². The first-order valence-corrected chi connectivity index (χ1v) is 10.4. The zero-order valence-corrected chi connectivity index (χ0v) is 16.1. The molecule has 0 fully saturated rings. The van der Waals surface area contributed by atoms with Gasteiger partial charge in [0.15, 0.2) is 0 Å². The third kappa shape index (κ3) is 5.21. The Morgan fingerprint density at radius 3 is 1.61 bits per heavy atom. The molecule has 28 heavy (non-hydrogen) atoms. The van der Waals surface area contributed by atoms with Gasteiger partial charge in [-0.05, 0) is 30.5 Å². The number of benzene rings is 3. The van der Waals surface area contributed by atoms with Crippen molar-refractivity contribution in [3.63, 3.8) is 0 Å². The van der Waals surface area contributed by atoms with Gasteiger partial charge in [0.05, 0.1) is 0 Å². The maximum absolute atomic E-state index is 9.75. The monoisotopic (exact) mass is 405 g/mol. The summed E-state index contributed by atoms with van der Waals surface area (Å²) < 4.78 is 39.0. The van der Waals surface area contributed by atoms with Gasteiger partial charge in [-0.25, -0.2) is 0 Å². The van der Waals surface area contributed by atoms with E-state index in [-0.39, 0.29) is 0 Å². The van der Waals surface area contributed by atoms with Crippen molar-refractivity contribution >= 4 is 25.8 Å². The molecule has 0 spiro atoms. The van der Waals surface area contributed by atoms with E-state index in [0.717, 1.165) is 6.42 Å². The molecule has 3 aromatic carbocycles. The summed E-state index contributed by atoms with van der Waals surface area (Å²) in [6.45, 7) is 0. The summed E-state index contributed by atoms with van der Waals surface area (Å²) in [5.74, 6) is 0. The van der Waals surface area contributed by atoms with Crippen LogP contribution in [-0.4, -0.2) is 12.9 Å². The molecule has 0 aliphatic heterocycles. The Kier molecular flexibility index (Phi) is 6.53. The molecular weight excluding hydrogens is 384 g/mol. The predicted octanol–water partition coefficient (Wildman–Crippen LogP) is 4.33. The van der Waals surface area contributed by atoms with E-state index in [1.54, 1.807) is 0 Å². The molecule has 3 N–H and O–H groups in total. The fourth-order valence-electron chi connectivity index (χ4n) is 3.64. The smallest absolute Gasteiger partial charge is 0.418 e. The largest absolute Gasteiger partial charge is 0.673 e. The van der Waals surface area contributed by atoms with Gasteiger partial charge in [0.2, 0.25) is 0 Å². The van der Waals surface area contributed by atoms with Crippen LogP contribution in [0.5, 0.6) is 0 Å². The minimum absolute atomic E-state index is 0.373. The number of quaternary nitrogens is 1. The van der Waals surface area contributed by atoms with Crippen LogP contribution < -0.4 is 16.3 Å². The second kappa shape index (κ2) is 8.89. The molecule has 0 radical (unpaired) electrons. The van der Waals surface area contributed by atoms with Gasteiger partial charge in [0.1, 0.15) is 6.04 Å². The first kappa shape index (κ1) is 20.6. The van der Waals surface area contributed by atoms with Crippen LogP contribution >= 0.6 is 7.92 Å². The van der Waals surface area contributed by atoms with Crippen LogP contribution in [0.4, 0.5) is 17.3 Å². The second-order valence-corrected chi connectivity index (χ2v) is 9.05. The van der Waals surface area contributed by atoms with E-state index in [9.17, 15) is 17.3 Å². The van der Waals surface area contributed by atoms with Crippen molar-refractivity contribution < 1.29 is 23.0 Å². The first-order chi connectivity index (χ1) is 13.3. The van der Waals surface area contributed by atoms with E-state index in [1.165, 1.54) is 21.7 Å². The standard InChI is InChI=1S/C21H20NP.BF4/c22-21-19-14-8-7-9-16(19)15-20(21)23(17-10-3-1-4-11-17)18-12-5-2-6-13-18;2-1(3,4)5/h1-14,20-21H,15,22H2;/q;-1/p+1/t20-,21-;/m1./s1. The number of halogens is 4. The number of hydrogen-bond acceptors (Lipinski definition) is 0. The SMILES string of the molecule is F[B-](F)(F)F.[NH3+][C@@H]1c2ccccc2C[C@H]1P(c1ccccc1)c1ccccc1. The summed E-state index contributed by atoms with van der Waals surface area (Å²) in [6, 6.07) is 31.2. The third-order valence-corrected chi connectivity index (χ3v) is 7.66. The van der Waals surface area contributed by atoms with Crippen molar-refractivity contribution in [2.45, 2.75) is 18.1 Å². The van der Waals surface area contributed by atoms with Gasteiger partial charge >= 0.3 is 7.25 Å². The Hall–Kier alpha value is -2.17. The highest BCUT2D eigenvalue weighted by molar-refractivity contribution is 7.73. The Labute approximate surface area is 163 Å². The van der Waals surface area contributed by atoms with Gasteiger partial charge in [-0.1, -0.05) is 84.9 Å². The molecule has 7 heteroatoms. The molecule has 1 nitrogen and oxygen atoms in total. The summed E-state index contributed by atoms with van der Waals surface area (Å²) >= 11 is 0. The van der Waals surface area contributed by atoms with E-state index < -0.39 is 15.2 Å². The Morgan fingerprint density at radius 2 is 1.14 bits per heavy atom. The lowest BCUT2D eigenvalue weighted by Gasteiger charge is -2.26. The lowest BCUT2D eigenvalue weighted by atomic mass is 10.1. The summed E-state index contributed by atoms with van der Waals surface area (Å²) in [5, 5.41) is 2.92. The molecule has 0 saturated heterocycles. The van der Waals surface area contributed by atoms with Crippen LogP contribution in [0.15, 0.2) is 84.9 Å². The zero-order valence-electron chi connectivity index (χ0n) is 15.2. The highest BCUT2D eigenvalue weighted by atomic mass is 31.1. The van der Waals surface area contributed by atoms with Gasteiger partial charge in [-0.3, -0.25) is 0 Å². The molecule has 0 aromatic heterocycles. The van der Waals surface area contributed by atoms with Crippen molar-refractivity contribution in [2.75, 3.05) is 0 Å². The van der Waals surface area contributed by atoms with Crippen molar-refractivity contribution in [2.24, 2.45) is 0 Å². The molecule has 146 valence electrons. The number of rotatable bonds is 3. The molecule has 0 amide bonds. The van der Waals surface area contributed by atoms with E-state index >= 15 is 0 Å². The molecule has 2 atom stereocenters. The second-order valence-electron chi connectivity index (χ2n) is 6.61. The fourth-order valence-corrected chi connectivity index (χ4v) is 6.59. The molecule has 0 bridgehead atoms. The van der Waals surface area contributed by atoms with E-state index in [0.29, 0.717) is 11.7 Å². The van der Waals surface area contributed by atoms with Crippen LogP contribution in [0, 0.1) is 0 Å². The highest BCUT2D eigenvalue weighted by Crippen LogP contribution is 2.49. The average molecular weight is 405 g/mol. The fraction of sp³-hybridized carbons (Fsp3) is 0.143. The summed E-state index contributed by atoms with van der Waals surface area (Å²) in [4.78, 5) is 0. The van der Waals surface area contributed by atoms with Crippen molar-refractivity contribution in [3.05, 3.63) is 96.1 Å². The molecule has 0 saturated carbocycles. The lowest BCUT2D eigenvalue weighted by molar-refractivity contribution is -0.423. The molecular formula is C21H21BF4NP. The van der Waals surface area contributed by atoms with E-state index in [4.69, 9.17) is 0 Å². The van der Waals surface area contributed by atoms with Crippen molar-refractivity contribution in [3.8, 4) is 0 Å². The van der Waals surface area contributed by atoms with Crippen LogP contribution in [0.25, 0.3) is 0 Å². The van der Waals surface area contributed by atoms with Crippen molar-refractivity contribution in [1.82, 2.24) is 0 Å². The quantitative estimate of drug-likeness (QED) is 0.382. The van der Waals surface area contributed by atoms with Gasteiger partial charge in [-0.2, -0.15) is 0 Å². The van der Waals surface area contributed by atoms with Gasteiger partial charge in [0.25, 0.3) is 0 Å². The first-order valence-electron chi connectivity index (χ1n) is 9.02. The van der Waals surface area contributed by atoms with Crippen LogP contribution in [0.1, 0.15) is 17.2 Å². The van der Waals surface area contributed by atoms with Crippen molar-refractivity contribution in [1.29, 1.82) is 0 Å². The predicted molar refractivity (Wildman–Crippen MR) is 109 cm³/mol. The Morgan fingerprint density at radius 1 is 0.714 bits per heavy atom. The molecule has 3 aromatic rings. The van der Waals surface area contributed by atoms with Gasteiger partial charge in [-0.15, -0.1) is 0 Å². The zero-order chi connectivity index (χ0) is 20.1. The maximum atomic E-state index is 9.75. The minimum atomic E-state index is -6.00. The normalized spacial score (nSPS) is 18.4. The molecule has 1 aliphatic rings. The van der Waals surface area contributed by atoms with Crippen LogP contribution in [0.3, 0.4) is 0 Å². The van der Waals surface area contributed by atoms with E-state index in [1.807, 2.05) is 0 Å². The third-order valence-electron chi connectivity index (χ3n) is 4.75. The van der Waals surface area contributed by atoms with E-state index in [2.05, 4.69) is 90.7 Å². The van der Waals surface area contributed by atoms with Gasteiger partial charge in [0, 0.05) is 11.2 Å². The maximum Gasteiger partial charge on any atom is 0.673 e. The molecule has 1 aliphatic carbocycles. The Bertz CT molecular complexity index is 844. The number of fused-ring (bicyclic) bond motifs is 1. The Balaban J connectivity index is 0.000000403. The highest BCUT2D eigenvalue weighted by Gasteiger charge is 2.39. The molecule has 0 heterocycles. The average Bonchev–Trinajstić information content (AvgIpc) is 2.99. The molecule has 0 unspecified atom stereocenters.